The van der Waals surface area contributed by atoms with Crippen molar-refractivity contribution in [3.63, 3.8) is 0 Å². The van der Waals surface area contributed by atoms with Gasteiger partial charge < -0.3 is 24.0 Å². The van der Waals surface area contributed by atoms with E-state index in [2.05, 4.69) is 4.90 Å². The molecule has 0 spiro atoms. The Labute approximate surface area is 205 Å². The third-order valence-corrected chi connectivity index (χ3v) is 6.52. The van der Waals surface area contributed by atoms with E-state index in [9.17, 15) is 4.79 Å². The molecule has 3 heterocycles. The molecule has 3 aromatic rings. The van der Waals surface area contributed by atoms with Crippen LogP contribution in [0, 0.1) is 6.92 Å². The van der Waals surface area contributed by atoms with Gasteiger partial charge in [0.1, 0.15) is 17.2 Å². The van der Waals surface area contributed by atoms with Crippen LogP contribution in [0.4, 0.5) is 5.95 Å². The Kier molecular flexibility index (Phi) is 6.44. The zero-order chi connectivity index (χ0) is 24.4. The van der Waals surface area contributed by atoms with Gasteiger partial charge in [-0.2, -0.15) is 4.98 Å². The van der Waals surface area contributed by atoms with Crippen LogP contribution in [-0.4, -0.2) is 54.6 Å². The van der Waals surface area contributed by atoms with Crippen molar-refractivity contribution in [3.05, 3.63) is 64.8 Å². The number of hydrogen-bond donors (Lipinski definition) is 0. The van der Waals surface area contributed by atoms with Gasteiger partial charge in [-0.15, -0.1) is 0 Å². The number of carbonyl (C=O) groups is 1. The maximum Gasteiger partial charge on any atom is 0.254 e. The number of hydrogen-bond acceptors (Lipinski definition) is 7. The predicted molar refractivity (Wildman–Crippen MR) is 133 cm³/mol. The van der Waals surface area contributed by atoms with Crippen LogP contribution in [0.5, 0.6) is 23.1 Å². The van der Waals surface area contributed by atoms with E-state index >= 15 is 0 Å². The van der Waals surface area contributed by atoms with Gasteiger partial charge in [-0.1, -0.05) is 17.7 Å². The van der Waals surface area contributed by atoms with Gasteiger partial charge in [0, 0.05) is 37.7 Å². The lowest BCUT2D eigenvalue weighted by molar-refractivity contribution is 0.0731. The summed E-state index contributed by atoms with van der Waals surface area (Å²) in [5.74, 6) is 2.99. The molecule has 0 N–H and O–H groups in total. The summed E-state index contributed by atoms with van der Waals surface area (Å²) in [5, 5.41) is 0. The molecule has 2 aliphatic heterocycles. The molecule has 0 radical (unpaired) electrons. The molecule has 1 fully saturated rings. The van der Waals surface area contributed by atoms with Crippen LogP contribution >= 0.6 is 0 Å². The summed E-state index contributed by atoms with van der Waals surface area (Å²) in [6, 6.07) is 13.1. The first-order valence-corrected chi connectivity index (χ1v) is 12.0. The normalized spacial score (nSPS) is 15.1. The van der Waals surface area contributed by atoms with Crippen molar-refractivity contribution in [2.75, 3.05) is 38.8 Å². The Hall–Kier alpha value is -3.81. The summed E-state index contributed by atoms with van der Waals surface area (Å²) in [7, 11) is 3.15. The van der Waals surface area contributed by atoms with Crippen LogP contribution in [0.1, 0.15) is 40.0 Å². The van der Waals surface area contributed by atoms with Crippen molar-refractivity contribution in [1.82, 2.24) is 14.9 Å². The molecule has 0 aliphatic carbocycles. The largest absolute Gasteiger partial charge is 0.497 e. The van der Waals surface area contributed by atoms with Crippen LogP contribution in [0.25, 0.3) is 0 Å². The maximum atomic E-state index is 13.5. The number of carbonyl (C=O) groups excluding carboxylic acids is 1. The smallest absolute Gasteiger partial charge is 0.254 e. The molecule has 5 rings (SSSR count). The van der Waals surface area contributed by atoms with Crippen LogP contribution in [0.2, 0.25) is 0 Å². The standard InChI is InChI=1S/C27H30N4O4/c1-18-6-8-20(9-7-18)35-25-23-17-31(26(32)19-14-21(33-2)16-22(15-19)34-3)13-10-24(23)28-27(29-25)30-11-4-5-12-30/h6-9,14-16H,4-5,10-13,17H2,1-3H3. The van der Waals surface area contributed by atoms with E-state index in [1.54, 1.807) is 37.3 Å². The quantitative estimate of drug-likeness (QED) is 0.524. The monoisotopic (exact) mass is 474 g/mol. The van der Waals surface area contributed by atoms with E-state index in [4.69, 9.17) is 24.2 Å². The third kappa shape index (κ3) is 4.87. The fourth-order valence-electron chi connectivity index (χ4n) is 4.52. The summed E-state index contributed by atoms with van der Waals surface area (Å²) in [4.78, 5) is 27.2. The Morgan fingerprint density at radius 3 is 2.23 bits per heavy atom. The molecule has 182 valence electrons. The average Bonchev–Trinajstić information content (AvgIpc) is 3.44. The van der Waals surface area contributed by atoms with Gasteiger partial charge in [0.15, 0.2) is 0 Å². The Morgan fingerprint density at radius 1 is 0.886 bits per heavy atom. The lowest BCUT2D eigenvalue weighted by Gasteiger charge is -2.30. The molecule has 1 aromatic heterocycles. The highest BCUT2D eigenvalue weighted by Gasteiger charge is 2.29. The second kappa shape index (κ2) is 9.82. The van der Waals surface area contributed by atoms with Crippen LogP contribution < -0.4 is 19.1 Å². The highest BCUT2D eigenvalue weighted by molar-refractivity contribution is 5.95. The van der Waals surface area contributed by atoms with Gasteiger partial charge in [-0.3, -0.25) is 4.79 Å². The molecule has 1 saturated heterocycles. The van der Waals surface area contributed by atoms with Gasteiger partial charge in [0.2, 0.25) is 11.8 Å². The van der Waals surface area contributed by atoms with Crippen LogP contribution in [0.15, 0.2) is 42.5 Å². The first kappa shape index (κ1) is 23.0. The van der Waals surface area contributed by atoms with Crippen LogP contribution in [0.3, 0.4) is 0 Å². The molecule has 8 nitrogen and oxygen atoms in total. The summed E-state index contributed by atoms with van der Waals surface area (Å²) >= 11 is 0. The number of aromatic nitrogens is 2. The van der Waals surface area contributed by atoms with Gasteiger partial charge >= 0.3 is 0 Å². The molecule has 0 atom stereocenters. The summed E-state index contributed by atoms with van der Waals surface area (Å²) in [6.07, 6.45) is 2.91. The highest BCUT2D eigenvalue weighted by Crippen LogP contribution is 2.33. The van der Waals surface area contributed by atoms with Gasteiger partial charge in [0.25, 0.3) is 5.91 Å². The van der Waals surface area contributed by atoms with Gasteiger partial charge in [0.05, 0.1) is 32.0 Å². The number of fused-ring (bicyclic) bond motifs is 1. The summed E-state index contributed by atoms with van der Waals surface area (Å²) in [5.41, 5.74) is 3.46. The first-order valence-electron chi connectivity index (χ1n) is 12.0. The number of ether oxygens (including phenoxy) is 3. The maximum absolute atomic E-state index is 13.5. The van der Waals surface area contributed by atoms with Crippen molar-refractivity contribution < 1.29 is 19.0 Å². The molecule has 0 unspecified atom stereocenters. The molecule has 8 heteroatoms. The minimum Gasteiger partial charge on any atom is -0.497 e. The summed E-state index contributed by atoms with van der Waals surface area (Å²) in [6.45, 7) is 4.87. The van der Waals surface area contributed by atoms with Crippen molar-refractivity contribution in [2.45, 2.75) is 32.7 Å². The molecule has 1 amide bonds. The number of benzene rings is 2. The topological polar surface area (TPSA) is 77.0 Å². The highest BCUT2D eigenvalue weighted by atomic mass is 16.5. The van der Waals surface area contributed by atoms with Crippen molar-refractivity contribution in [3.8, 4) is 23.1 Å². The number of amides is 1. The van der Waals surface area contributed by atoms with Crippen molar-refractivity contribution in [1.29, 1.82) is 0 Å². The molecule has 2 aromatic carbocycles. The van der Waals surface area contributed by atoms with Crippen LogP contribution in [-0.2, 0) is 13.0 Å². The van der Waals surface area contributed by atoms with Crippen molar-refractivity contribution >= 4 is 11.9 Å². The van der Waals surface area contributed by atoms with E-state index in [0.29, 0.717) is 54.2 Å². The Bertz CT molecular complexity index is 1200. The predicted octanol–water partition coefficient (Wildman–Crippen LogP) is 4.39. The Balaban J connectivity index is 1.47. The van der Waals surface area contributed by atoms with E-state index in [0.717, 1.165) is 42.8 Å². The second-order valence-corrected chi connectivity index (χ2v) is 8.94. The van der Waals surface area contributed by atoms with Gasteiger partial charge in [-0.25, -0.2) is 4.98 Å². The SMILES string of the molecule is COc1cc(OC)cc(C(=O)N2CCc3nc(N4CCCC4)nc(Oc4ccc(C)cc4)c3C2)c1. The molecular formula is C27H30N4O4. The fraction of sp³-hybridized carbons (Fsp3) is 0.370. The van der Waals surface area contributed by atoms with E-state index in [1.807, 2.05) is 31.2 Å². The average molecular weight is 475 g/mol. The lowest BCUT2D eigenvalue weighted by atomic mass is 10.0. The number of methoxy groups -OCH3 is 2. The minimum atomic E-state index is -0.0993. The molecule has 0 bridgehead atoms. The number of aryl methyl sites for hydroxylation is 1. The van der Waals surface area contributed by atoms with Crippen molar-refractivity contribution in [2.24, 2.45) is 0 Å². The first-order chi connectivity index (χ1) is 17.0. The summed E-state index contributed by atoms with van der Waals surface area (Å²) < 4.78 is 17.0. The van der Waals surface area contributed by atoms with E-state index < -0.39 is 0 Å². The zero-order valence-corrected chi connectivity index (χ0v) is 20.4. The molecule has 0 saturated carbocycles. The number of anilines is 1. The zero-order valence-electron chi connectivity index (χ0n) is 20.4. The Morgan fingerprint density at radius 2 is 1.57 bits per heavy atom. The third-order valence-electron chi connectivity index (χ3n) is 6.52. The minimum absolute atomic E-state index is 0.0993. The number of rotatable bonds is 6. The second-order valence-electron chi connectivity index (χ2n) is 8.94. The lowest BCUT2D eigenvalue weighted by Crippen LogP contribution is -2.37. The number of nitrogens with zero attached hydrogens (tertiary/aromatic N) is 4. The fourth-order valence-corrected chi connectivity index (χ4v) is 4.52. The van der Waals surface area contributed by atoms with E-state index in [-0.39, 0.29) is 5.91 Å². The molecular weight excluding hydrogens is 444 g/mol. The van der Waals surface area contributed by atoms with Gasteiger partial charge in [-0.05, 0) is 44.0 Å². The van der Waals surface area contributed by atoms with E-state index in [1.165, 1.54) is 0 Å². The molecule has 2 aliphatic rings. The molecule has 35 heavy (non-hydrogen) atoms.